The van der Waals surface area contributed by atoms with Crippen molar-refractivity contribution in [1.29, 1.82) is 0 Å². The van der Waals surface area contributed by atoms with E-state index in [1.807, 2.05) is 23.7 Å². The van der Waals surface area contributed by atoms with Gasteiger partial charge in [-0.3, -0.25) is 14.3 Å². The van der Waals surface area contributed by atoms with Crippen LogP contribution < -0.4 is 10.9 Å². The van der Waals surface area contributed by atoms with Gasteiger partial charge in [0.25, 0.3) is 11.5 Å². The Morgan fingerprint density at radius 2 is 2.14 bits per heavy atom. The van der Waals surface area contributed by atoms with Crippen LogP contribution in [0.5, 0.6) is 0 Å². The molecule has 28 heavy (non-hydrogen) atoms. The molecule has 8 nitrogen and oxygen atoms in total. The molecule has 1 aromatic carbocycles. The predicted molar refractivity (Wildman–Crippen MR) is 106 cm³/mol. The van der Waals surface area contributed by atoms with Crippen molar-refractivity contribution in [3.05, 3.63) is 39.8 Å². The van der Waals surface area contributed by atoms with Crippen molar-refractivity contribution in [1.82, 2.24) is 20.1 Å². The Kier molecular flexibility index (Phi) is 5.15. The first-order valence-electron chi connectivity index (χ1n) is 9.49. The topological polar surface area (TPSA) is 98.2 Å². The highest BCUT2D eigenvalue weighted by Gasteiger charge is 2.22. The Morgan fingerprint density at radius 3 is 2.89 bits per heavy atom. The number of methoxy groups -OCH3 is 1. The van der Waals surface area contributed by atoms with Gasteiger partial charge in [0.1, 0.15) is 0 Å². The average molecular weight is 384 g/mol. The van der Waals surface area contributed by atoms with Gasteiger partial charge in [0, 0.05) is 37.8 Å². The summed E-state index contributed by atoms with van der Waals surface area (Å²) in [6.07, 6.45) is 3.31. The van der Waals surface area contributed by atoms with Gasteiger partial charge >= 0.3 is 0 Å². The molecule has 0 atom stereocenters. The maximum Gasteiger partial charge on any atom is 0.259 e. The van der Waals surface area contributed by atoms with Gasteiger partial charge in [-0.25, -0.2) is 0 Å². The van der Waals surface area contributed by atoms with Crippen LogP contribution in [0.15, 0.2) is 23.1 Å². The number of rotatable bonds is 5. The number of H-pyrrole nitrogens is 1. The van der Waals surface area contributed by atoms with E-state index < -0.39 is 0 Å². The maximum absolute atomic E-state index is 12.6. The average Bonchev–Trinajstić information content (AvgIpc) is 3.14. The minimum Gasteiger partial charge on any atom is -0.383 e. The van der Waals surface area contributed by atoms with Gasteiger partial charge in [-0.15, -0.1) is 0 Å². The fourth-order valence-corrected chi connectivity index (χ4v) is 3.81. The van der Waals surface area contributed by atoms with Crippen LogP contribution in [0.25, 0.3) is 21.8 Å². The Labute approximate surface area is 161 Å². The van der Waals surface area contributed by atoms with Gasteiger partial charge in [0.15, 0.2) is 0 Å². The summed E-state index contributed by atoms with van der Waals surface area (Å²) in [6, 6.07) is 3.88. The molecule has 8 heteroatoms. The van der Waals surface area contributed by atoms with Crippen molar-refractivity contribution < 1.29 is 14.3 Å². The first kappa shape index (κ1) is 18.6. The van der Waals surface area contributed by atoms with Gasteiger partial charge in [0.2, 0.25) is 0 Å². The van der Waals surface area contributed by atoms with Crippen LogP contribution in [0.3, 0.4) is 0 Å². The van der Waals surface area contributed by atoms with Crippen molar-refractivity contribution in [3.8, 4) is 0 Å². The lowest BCUT2D eigenvalue weighted by Gasteiger charge is -2.23. The molecular weight excluding hydrogens is 360 g/mol. The fourth-order valence-electron chi connectivity index (χ4n) is 3.81. The monoisotopic (exact) mass is 384 g/mol. The molecule has 0 spiro atoms. The highest BCUT2D eigenvalue weighted by molar-refractivity contribution is 6.07. The van der Waals surface area contributed by atoms with E-state index in [-0.39, 0.29) is 17.5 Å². The number of nitrogens with one attached hydrogen (secondary N) is 2. The highest BCUT2D eigenvalue weighted by atomic mass is 16.5. The molecule has 1 fully saturated rings. The second-order valence-corrected chi connectivity index (χ2v) is 7.11. The van der Waals surface area contributed by atoms with Crippen molar-refractivity contribution in [2.45, 2.75) is 25.8 Å². The summed E-state index contributed by atoms with van der Waals surface area (Å²) in [5, 5.41) is 8.73. The largest absolute Gasteiger partial charge is 0.383 e. The number of nitrogens with zero attached hydrogens (tertiary/aromatic N) is 2. The van der Waals surface area contributed by atoms with Crippen molar-refractivity contribution in [2.24, 2.45) is 0 Å². The normalized spacial score (nSPS) is 15.4. The number of carbonyl (C=O) groups is 1. The van der Waals surface area contributed by atoms with E-state index in [9.17, 15) is 9.59 Å². The first-order chi connectivity index (χ1) is 13.6. The number of benzene rings is 1. The molecule has 0 saturated carbocycles. The second kappa shape index (κ2) is 7.73. The first-order valence-corrected chi connectivity index (χ1v) is 9.49. The third-order valence-corrected chi connectivity index (χ3v) is 5.28. The smallest absolute Gasteiger partial charge is 0.259 e. The molecular formula is C20H24N4O4. The molecule has 3 aromatic rings. The van der Waals surface area contributed by atoms with E-state index in [0.717, 1.165) is 29.3 Å². The number of aryl methyl sites for hydroxylation is 1. The van der Waals surface area contributed by atoms with Gasteiger partial charge in [-0.1, -0.05) is 0 Å². The number of ether oxygens (including phenoxy) is 2. The number of aromatic amines is 1. The number of amides is 1. The van der Waals surface area contributed by atoms with Crippen molar-refractivity contribution in [2.75, 3.05) is 33.5 Å². The van der Waals surface area contributed by atoms with E-state index in [4.69, 9.17) is 9.47 Å². The molecule has 0 aliphatic carbocycles. The van der Waals surface area contributed by atoms with E-state index in [0.29, 0.717) is 42.8 Å². The van der Waals surface area contributed by atoms with Crippen LogP contribution >= 0.6 is 0 Å². The summed E-state index contributed by atoms with van der Waals surface area (Å²) in [7, 11) is 1.60. The minimum atomic E-state index is -0.169. The molecule has 3 heterocycles. The molecule has 2 N–H and O–H groups in total. The zero-order valence-corrected chi connectivity index (χ0v) is 16.1. The second-order valence-electron chi connectivity index (χ2n) is 7.11. The summed E-state index contributed by atoms with van der Waals surface area (Å²) in [5.74, 6) is -0.159. The van der Waals surface area contributed by atoms with Crippen LogP contribution in [0.1, 0.15) is 34.8 Å². The lowest BCUT2D eigenvalue weighted by molar-refractivity contribution is 0.0675. The molecule has 0 unspecified atom stereocenters. The Bertz CT molecular complexity index is 1080. The molecule has 0 bridgehead atoms. The van der Waals surface area contributed by atoms with Gasteiger partial charge in [0.05, 0.1) is 35.3 Å². The zero-order chi connectivity index (χ0) is 19.7. The Morgan fingerprint density at radius 1 is 1.36 bits per heavy atom. The summed E-state index contributed by atoms with van der Waals surface area (Å²) >= 11 is 0. The molecule has 4 rings (SSSR count). The van der Waals surface area contributed by atoms with Crippen LogP contribution in [-0.2, 0) is 9.47 Å². The Balaban J connectivity index is 1.87. The number of aromatic nitrogens is 3. The Hall–Kier alpha value is -2.71. The number of hydrogen-bond donors (Lipinski definition) is 2. The van der Waals surface area contributed by atoms with Crippen molar-refractivity contribution >= 4 is 27.7 Å². The van der Waals surface area contributed by atoms with E-state index in [2.05, 4.69) is 15.4 Å². The summed E-state index contributed by atoms with van der Waals surface area (Å²) in [5.41, 5.74) is 2.69. The molecule has 1 saturated heterocycles. The van der Waals surface area contributed by atoms with Crippen molar-refractivity contribution in [3.63, 3.8) is 0 Å². The summed E-state index contributed by atoms with van der Waals surface area (Å²) < 4.78 is 12.4. The standard InChI is InChI=1S/C20H24N4O4/c1-12-9-17-15(10-14(12)19(25)21-5-8-27-2)18-16(20(26)23-17)11-22-24(18)13-3-6-28-7-4-13/h9-11,13H,3-8H2,1-2H3,(H,21,25)(H,23,26). The van der Waals surface area contributed by atoms with E-state index in [1.54, 1.807) is 13.3 Å². The number of pyridine rings is 1. The van der Waals surface area contributed by atoms with Crippen LogP contribution in [0.4, 0.5) is 0 Å². The number of carbonyl (C=O) groups excluding carboxylic acids is 1. The predicted octanol–water partition coefficient (Wildman–Crippen LogP) is 1.91. The lowest BCUT2D eigenvalue weighted by atomic mass is 10.0. The molecule has 1 amide bonds. The quantitative estimate of drug-likeness (QED) is 0.655. The number of hydrogen-bond acceptors (Lipinski definition) is 5. The molecule has 0 radical (unpaired) electrons. The highest BCUT2D eigenvalue weighted by Crippen LogP contribution is 2.29. The molecule has 1 aliphatic rings. The third kappa shape index (κ3) is 3.29. The molecule has 1 aliphatic heterocycles. The van der Waals surface area contributed by atoms with Gasteiger partial charge in [-0.05, 0) is 37.5 Å². The van der Waals surface area contributed by atoms with Gasteiger partial charge < -0.3 is 19.8 Å². The third-order valence-electron chi connectivity index (χ3n) is 5.28. The fraction of sp³-hybridized carbons (Fsp3) is 0.450. The number of fused-ring (bicyclic) bond motifs is 3. The minimum absolute atomic E-state index is 0.159. The van der Waals surface area contributed by atoms with E-state index in [1.165, 1.54) is 0 Å². The SMILES string of the molecule is COCCNC(=O)c1cc2c(cc1C)[nH]c(=O)c1cnn(C3CCOCC3)c12. The lowest BCUT2D eigenvalue weighted by Crippen LogP contribution is -2.27. The van der Waals surface area contributed by atoms with Crippen LogP contribution in [0, 0.1) is 6.92 Å². The van der Waals surface area contributed by atoms with Crippen LogP contribution in [0.2, 0.25) is 0 Å². The van der Waals surface area contributed by atoms with Gasteiger partial charge in [-0.2, -0.15) is 5.10 Å². The van der Waals surface area contributed by atoms with Crippen LogP contribution in [-0.4, -0.2) is 54.1 Å². The maximum atomic E-state index is 12.6. The summed E-state index contributed by atoms with van der Waals surface area (Å²) in [4.78, 5) is 28.1. The molecule has 2 aromatic heterocycles. The summed E-state index contributed by atoms with van der Waals surface area (Å²) in [6.45, 7) is 4.11. The molecule has 148 valence electrons. The zero-order valence-electron chi connectivity index (χ0n) is 16.1. The van der Waals surface area contributed by atoms with E-state index >= 15 is 0 Å².